The van der Waals surface area contributed by atoms with Gasteiger partial charge in [-0.3, -0.25) is 4.79 Å². The fourth-order valence-electron chi connectivity index (χ4n) is 1.94. The number of rotatable bonds is 7. The molecule has 0 fully saturated rings. The number of hydrogen-bond donors (Lipinski definition) is 2. The van der Waals surface area contributed by atoms with Crippen LogP contribution < -0.4 is 5.32 Å². The summed E-state index contributed by atoms with van der Waals surface area (Å²) in [6, 6.07) is 5.13. The number of nitrogens with one attached hydrogen (secondary N) is 1. The average Bonchev–Trinajstić information content (AvgIpc) is 2.39. The summed E-state index contributed by atoms with van der Waals surface area (Å²) in [7, 11) is 0. The molecule has 3 nitrogen and oxygen atoms in total. The molecule has 2 N–H and O–H groups in total. The first kappa shape index (κ1) is 16.5. The van der Waals surface area contributed by atoms with Crippen molar-refractivity contribution in [3.63, 3.8) is 0 Å². The summed E-state index contributed by atoms with van der Waals surface area (Å²) in [4.78, 5) is 12.1. The van der Waals surface area contributed by atoms with Crippen LogP contribution in [0.5, 0.6) is 0 Å². The Labute approximate surface area is 127 Å². The zero-order valence-electron chi connectivity index (χ0n) is 11.0. The Morgan fingerprint density at radius 2 is 2.21 bits per heavy atom. The SMILES string of the molecule is CCCC(CCO)CNC(=O)c1cc(Cl)ccc1Br. The molecule has 0 saturated carbocycles. The summed E-state index contributed by atoms with van der Waals surface area (Å²) in [5, 5.41) is 12.4. The van der Waals surface area contributed by atoms with E-state index in [2.05, 4.69) is 28.2 Å². The summed E-state index contributed by atoms with van der Waals surface area (Å²) in [6.07, 6.45) is 2.75. The van der Waals surface area contributed by atoms with Crippen molar-refractivity contribution in [2.75, 3.05) is 13.2 Å². The topological polar surface area (TPSA) is 49.3 Å². The van der Waals surface area contributed by atoms with Crippen molar-refractivity contribution < 1.29 is 9.90 Å². The first-order chi connectivity index (χ1) is 9.08. The van der Waals surface area contributed by atoms with E-state index >= 15 is 0 Å². The van der Waals surface area contributed by atoms with E-state index < -0.39 is 0 Å². The first-order valence-electron chi connectivity index (χ1n) is 6.42. The lowest BCUT2D eigenvalue weighted by molar-refractivity contribution is 0.0942. The van der Waals surface area contributed by atoms with Crippen LogP contribution in [0.1, 0.15) is 36.5 Å². The number of carbonyl (C=O) groups is 1. The fraction of sp³-hybridized carbons (Fsp3) is 0.500. The van der Waals surface area contributed by atoms with Gasteiger partial charge in [-0.05, 0) is 52.9 Å². The Balaban J connectivity index is 2.61. The van der Waals surface area contributed by atoms with E-state index in [0.717, 1.165) is 17.3 Å². The van der Waals surface area contributed by atoms with E-state index in [9.17, 15) is 4.79 Å². The van der Waals surface area contributed by atoms with Gasteiger partial charge in [0.05, 0.1) is 5.56 Å². The lowest BCUT2D eigenvalue weighted by Gasteiger charge is -2.16. The van der Waals surface area contributed by atoms with Crippen LogP contribution in [0, 0.1) is 5.92 Å². The van der Waals surface area contributed by atoms with Gasteiger partial charge in [0, 0.05) is 22.6 Å². The molecular weight excluding hydrogens is 330 g/mol. The summed E-state index contributed by atoms with van der Waals surface area (Å²) in [5.74, 6) is 0.172. The summed E-state index contributed by atoms with van der Waals surface area (Å²) in [6.45, 7) is 2.83. The molecule has 1 atom stereocenters. The molecule has 0 bridgehead atoms. The third-order valence-corrected chi connectivity index (χ3v) is 3.89. The highest BCUT2D eigenvalue weighted by Crippen LogP contribution is 2.21. The maximum atomic E-state index is 12.1. The number of carbonyl (C=O) groups excluding carboxylic acids is 1. The molecule has 1 aromatic rings. The van der Waals surface area contributed by atoms with E-state index in [0.29, 0.717) is 29.5 Å². The van der Waals surface area contributed by atoms with Gasteiger partial charge in [-0.15, -0.1) is 0 Å². The highest BCUT2D eigenvalue weighted by molar-refractivity contribution is 9.10. The van der Waals surface area contributed by atoms with Gasteiger partial charge in [-0.2, -0.15) is 0 Å². The Morgan fingerprint density at radius 1 is 1.47 bits per heavy atom. The zero-order valence-corrected chi connectivity index (χ0v) is 13.3. The van der Waals surface area contributed by atoms with Crippen LogP contribution in [0.2, 0.25) is 5.02 Å². The number of aliphatic hydroxyl groups excluding tert-OH is 1. The maximum Gasteiger partial charge on any atom is 0.252 e. The van der Waals surface area contributed by atoms with E-state index in [4.69, 9.17) is 16.7 Å². The second kappa shape index (κ2) is 8.56. The van der Waals surface area contributed by atoms with Crippen molar-refractivity contribution in [1.82, 2.24) is 5.32 Å². The maximum absolute atomic E-state index is 12.1. The van der Waals surface area contributed by atoms with Crippen LogP contribution in [0.15, 0.2) is 22.7 Å². The summed E-state index contributed by atoms with van der Waals surface area (Å²) >= 11 is 9.23. The molecule has 106 valence electrons. The van der Waals surface area contributed by atoms with E-state index in [1.165, 1.54) is 0 Å². The van der Waals surface area contributed by atoms with Crippen molar-refractivity contribution in [2.24, 2.45) is 5.92 Å². The Bertz CT molecular complexity index is 420. The predicted molar refractivity (Wildman–Crippen MR) is 81.6 cm³/mol. The van der Waals surface area contributed by atoms with Crippen LogP contribution in [0.4, 0.5) is 0 Å². The third-order valence-electron chi connectivity index (χ3n) is 2.96. The van der Waals surface area contributed by atoms with Crippen molar-refractivity contribution in [1.29, 1.82) is 0 Å². The monoisotopic (exact) mass is 347 g/mol. The minimum Gasteiger partial charge on any atom is -0.396 e. The second-order valence-electron chi connectivity index (χ2n) is 4.50. The predicted octanol–water partition coefficient (Wildman–Crippen LogP) is 3.63. The van der Waals surface area contributed by atoms with E-state index in [1.807, 2.05) is 0 Å². The Morgan fingerprint density at radius 3 is 2.84 bits per heavy atom. The quantitative estimate of drug-likeness (QED) is 0.790. The smallest absolute Gasteiger partial charge is 0.252 e. The van der Waals surface area contributed by atoms with Gasteiger partial charge in [-0.25, -0.2) is 0 Å². The van der Waals surface area contributed by atoms with Crippen LogP contribution >= 0.6 is 27.5 Å². The van der Waals surface area contributed by atoms with Gasteiger partial charge in [0.1, 0.15) is 0 Å². The van der Waals surface area contributed by atoms with Crippen molar-refractivity contribution >= 4 is 33.4 Å². The molecule has 0 aliphatic carbocycles. The van der Waals surface area contributed by atoms with Gasteiger partial charge in [0.25, 0.3) is 5.91 Å². The van der Waals surface area contributed by atoms with Gasteiger partial charge in [0.15, 0.2) is 0 Å². The molecule has 0 spiro atoms. The second-order valence-corrected chi connectivity index (χ2v) is 5.79. The molecule has 0 aromatic heterocycles. The molecule has 1 aromatic carbocycles. The Kier molecular flexibility index (Phi) is 7.42. The van der Waals surface area contributed by atoms with Gasteiger partial charge in [0.2, 0.25) is 0 Å². The number of halogens is 2. The molecule has 0 radical (unpaired) electrons. The van der Waals surface area contributed by atoms with E-state index in [1.54, 1.807) is 18.2 Å². The molecular formula is C14H19BrClNO2. The molecule has 0 saturated heterocycles. The minimum atomic E-state index is -0.145. The molecule has 1 amide bonds. The van der Waals surface area contributed by atoms with Crippen molar-refractivity contribution in [2.45, 2.75) is 26.2 Å². The number of hydrogen-bond acceptors (Lipinski definition) is 2. The van der Waals surface area contributed by atoms with Crippen molar-refractivity contribution in [3.8, 4) is 0 Å². The van der Waals surface area contributed by atoms with Crippen molar-refractivity contribution in [3.05, 3.63) is 33.3 Å². The summed E-state index contributed by atoms with van der Waals surface area (Å²) in [5.41, 5.74) is 0.534. The zero-order chi connectivity index (χ0) is 14.3. The van der Waals surface area contributed by atoms with Crippen LogP contribution in [-0.4, -0.2) is 24.2 Å². The van der Waals surface area contributed by atoms with Crippen LogP contribution in [0.3, 0.4) is 0 Å². The third kappa shape index (κ3) is 5.51. The molecule has 0 aliphatic heterocycles. The number of benzene rings is 1. The van der Waals surface area contributed by atoms with Gasteiger partial charge in [-0.1, -0.05) is 24.9 Å². The van der Waals surface area contributed by atoms with Gasteiger partial charge < -0.3 is 10.4 Å². The highest BCUT2D eigenvalue weighted by Gasteiger charge is 2.13. The lowest BCUT2D eigenvalue weighted by Crippen LogP contribution is -2.30. The standard InChI is InChI=1S/C14H19BrClNO2/c1-2-3-10(6-7-18)9-17-14(19)12-8-11(16)4-5-13(12)15/h4-5,8,10,18H,2-3,6-7,9H2,1H3,(H,17,19). The Hall–Kier alpha value is -0.580. The lowest BCUT2D eigenvalue weighted by atomic mass is 10.00. The fourth-order valence-corrected chi connectivity index (χ4v) is 2.54. The minimum absolute atomic E-state index is 0.145. The largest absolute Gasteiger partial charge is 0.396 e. The molecule has 1 rings (SSSR count). The molecule has 0 aliphatic rings. The molecule has 5 heteroatoms. The highest BCUT2D eigenvalue weighted by atomic mass is 79.9. The average molecular weight is 349 g/mol. The molecule has 0 heterocycles. The van der Waals surface area contributed by atoms with E-state index in [-0.39, 0.29) is 12.5 Å². The molecule has 1 unspecified atom stereocenters. The molecule has 19 heavy (non-hydrogen) atoms. The number of aliphatic hydroxyl groups is 1. The van der Waals surface area contributed by atoms with Crippen LogP contribution in [0.25, 0.3) is 0 Å². The normalized spacial score (nSPS) is 12.2. The first-order valence-corrected chi connectivity index (χ1v) is 7.59. The summed E-state index contributed by atoms with van der Waals surface area (Å²) < 4.78 is 0.726. The van der Waals surface area contributed by atoms with Crippen LogP contribution in [-0.2, 0) is 0 Å². The number of amides is 1. The van der Waals surface area contributed by atoms with Gasteiger partial charge >= 0.3 is 0 Å².